The fraction of sp³-hybridized carbons (Fsp3) is 0. The smallest absolute Gasteiger partial charge is 0.174 e. The summed E-state index contributed by atoms with van der Waals surface area (Å²) in [5.74, 6) is 1.11. The van der Waals surface area contributed by atoms with E-state index in [9.17, 15) is 0 Å². The van der Waals surface area contributed by atoms with Crippen LogP contribution in [0.3, 0.4) is 0 Å². The fourth-order valence-electron chi connectivity index (χ4n) is 1.49. The first-order chi connectivity index (χ1) is 8.72. The van der Waals surface area contributed by atoms with Crippen LogP contribution in [-0.4, -0.2) is 29.5 Å². The first kappa shape index (κ1) is 10.3. The Hall–Kier alpha value is -2.90. The molecule has 0 fully saturated rings. The Kier molecular flexibility index (Phi) is 2.19. The highest BCUT2D eigenvalue weighted by Crippen LogP contribution is 2.09. The second-order valence-corrected chi connectivity index (χ2v) is 3.67. The van der Waals surface area contributed by atoms with Gasteiger partial charge in [0.05, 0.1) is 48.6 Å². The lowest BCUT2D eigenvalue weighted by atomic mass is 10.6. The molecule has 90 valence electrons. The number of nitrogen functional groups attached to an aromatic ring is 2. The van der Waals surface area contributed by atoms with Gasteiger partial charge in [-0.3, -0.25) is 4.98 Å². The highest BCUT2D eigenvalue weighted by Gasteiger charge is 2.05. The van der Waals surface area contributed by atoms with Crippen molar-refractivity contribution in [1.82, 2.24) is 29.5 Å². The van der Waals surface area contributed by atoms with Crippen molar-refractivity contribution in [3.8, 4) is 11.6 Å². The van der Waals surface area contributed by atoms with Crippen LogP contribution in [0.25, 0.3) is 11.6 Å². The van der Waals surface area contributed by atoms with Crippen molar-refractivity contribution in [3.05, 3.63) is 37.2 Å². The van der Waals surface area contributed by atoms with Crippen LogP contribution < -0.4 is 11.5 Å². The maximum atomic E-state index is 5.60. The minimum Gasteiger partial charge on any atom is -0.396 e. The van der Waals surface area contributed by atoms with E-state index < -0.39 is 0 Å². The van der Waals surface area contributed by atoms with Gasteiger partial charge in [-0.05, 0) is 0 Å². The molecule has 0 amide bonds. The van der Waals surface area contributed by atoms with Crippen molar-refractivity contribution in [2.24, 2.45) is 0 Å². The number of hydrogen-bond donors (Lipinski definition) is 2. The molecule has 8 heteroatoms. The molecular weight excluding hydrogens is 232 g/mol. The SMILES string of the molecule is Nc1cnn(-c2cncc(-n3cc(N)cn3)n2)c1. The average molecular weight is 242 g/mol. The molecule has 0 atom stereocenters. The van der Waals surface area contributed by atoms with Gasteiger partial charge in [0, 0.05) is 0 Å². The van der Waals surface area contributed by atoms with E-state index >= 15 is 0 Å². The summed E-state index contributed by atoms with van der Waals surface area (Å²) in [5, 5.41) is 8.12. The molecule has 3 aromatic heterocycles. The van der Waals surface area contributed by atoms with E-state index in [-0.39, 0.29) is 0 Å². The number of nitrogens with zero attached hydrogens (tertiary/aromatic N) is 6. The summed E-state index contributed by atoms with van der Waals surface area (Å²) in [6.07, 6.45) is 9.57. The first-order valence-corrected chi connectivity index (χ1v) is 5.15. The van der Waals surface area contributed by atoms with Crippen molar-refractivity contribution in [1.29, 1.82) is 0 Å². The predicted molar refractivity (Wildman–Crippen MR) is 65.1 cm³/mol. The molecule has 0 aliphatic rings. The molecule has 0 aliphatic heterocycles. The van der Waals surface area contributed by atoms with Crippen molar-refractivity contribution in [3.63, 3.8) is 0 Å². The number of aromatic nitrogens is 6. The topological polar surface area (TPSA) is 113 Å². The second-order valence-electron chi connectivity index (χ2n) is 3.67. The number of nitrogens with two attached hydrogens (primary N) is 2. The van der Waals surface area contributed by atoms with Gasteiger partial charge < -0.3 is 11.5 Å². The predicted octanol–water partition coefficient (Wildman–Crippen LogP) is 0.0124. The Morgan fingerprint density at radius 1 is 0.778 bits per heavy atom. The zero-order valence-corrected chi connectivity index (χ0v) is 9.30. The lowest BCUT2D eigenvalue weighted by Gasteiger charge is -2.03. The molecule has 0 spiro atoms. The summed E-state index contributed by atoms with van der Waals surface area (Å²) in [6, 6.07) is 0. The van der Waals surface area contributed by atoms with Gasteiger partial charge in [-0.25, -0.2) is 14.3 Å². The van der Waals surface area contributed by atoms with Crippen LogP contribution in [0.4, 0.5) is 11.4 Å². The van der Waals surface area contributed by atoms with E-state index in [4.69, 9.17) is 11.5 Å². The average Bonchev–Trinajstić information content (AvgIpc) is 2.98. The highest BCUT2D eigenvalue weighted by atomic mass is 15.3. The van der Waals surface area contributed by atoms with Crippen LogP contribution in [0.1, 0.15) is 0 Å². The van der Waals surface area contributed by atoms with Crippen LogP contribution in [0.15, 0.2) is 37.2 Å². The van der Waals surface area contributed by atoms with Crippen LogP contribution in [0.2, 0.25) is 0 Å². The molecule has 0 saturated heterocycles. The van der Waals surface area contributed by atoms with E-state index in [1.54, 1.807) is 46.5 Å². The molecule has 0 radical (unpaired) electrons. The Morgan fingerprint density at radius 2 is 1.28 bits per heavy atom. The third-order valence-corrected chi connectivity index (χ3v) is 2.28. The minimum absolute atomic E-state index is 0.554. The highest BCUT2D eigenvalue weighted by molar-refractivity contribution is 5.37. The summed E-state index contributed by atoms with van der Waals surface area (Å²) in [7, 11) is 0. The second kappa shape index (κ2) is 3.84. The maximum absolute atomic E-state index is 5.60. The largest absolute Gasteiger partial charge is 0.396 e. The van der Waals surface area contributed by atoms with Crippen molar-refractivity contribution in [2.75, 3.05) is 11.5 Å². The van der Waals surface area contributed by atoms with Gasteiger partial charge in [0.15, 0.2) is 11.6 Å². The molecule has 0 aromatic carbocycles. The summed E-state index contributed by atoms with van der Waals surface area (Å²) in [4.78, 5) is 8.46. The van der Waals surface area contributed by atoms with E-state index in [2.05, 4.69) is 20.2 Å². The summed E-state index contributed by atoms with van der Waals surface area (Å²) in [5.41, 5.74) is 12.3. The quantitative estimate of drug-likeness (QED) is 0.654. The molecule has 0 aliphatic carbocycles. The summed E-state index contributed by atoms with van der Waals surface area (Å²) in [6.45, 7) is 0. The standard InChI is InChI=1S/C10H10N8/c11-7-1-14-17(5-7)9-3-13-4-10(16-9)18-6-8(12)2-15-18/h1-6H,11-12H2. The molecular formula is C10H10N8. The molecule has 4 N–H and O–H groups in total. The van der Waals surface area contributed by atoms with Gasteiger partial charge in [0.25, 0.3) is 0 Å². The molecule has 18 heavy (non-hydrogen) atoms. The summed E-state index contributed by atoms with van der Waals surface area (Å²) >= 11 is 0. The Labute approximate surface area is 102 Å². The van der Waals surface area contributed by atoms with Gasteiger partial charge in [0.1, 0.15) is 0 Å². The third kappa shape index (κ3) is 1.75. The first-order valence-electron chi connectivity index (χ1n) is 5.15. The maximum Gasteiger partial charge on any atom is 0.174 e. The monoisotopic (exact) mass is 242 g/mol. The van der Waals surface area contributed by atoms with Crippen molar-refractivity contribution < 1.29 is 0 Å². The van der Waals surface area contributed by atoms with E-state index in [1.165, 1.54) is 0 Å². The van der Waals surface area contributed by atoms with Crippen molar-refractivity contribution >= 4 is 11.4 Å². The lowest BCUT2D eigenvalue weighted by Crippen LogP contribution is -2.04. The third-order valence-electron chi connectivity index (χ3n) is 2.28. The normalized spacial score (nSPS) is 10.7. The summed E-state index contributed by atoms with van der Waals surface area (Å²) < 4.78 is 3.08. The molecule has 0 unspecified atom stereocenters. The zero-order chi connectivity index (χ0) is 12.5. The molecule has 8 nitrogen and oxygen atoms in total. The van der Waals surface area contributed by atoms with E-state index in [1.807, 2.05) is 0 Å². The molecule has 3 heterocycles. The van der Waals surface area contributed by atoms with Crippen LogP contribution >= 0.6 is 0 Å². The van der Waals surface area contributed by atoms with Gasteiger partial charge >= 0.3 is 0 Å². The van der Waals surface area contributed by atoms with Crippen LogP contribution in [0.5, 0.6) is 0 Å². The fourth-order valence-corrected chi connectivity index (χ4v) is 1.49. The molecule has 0 bridgehead atoms. The molecule has 3 aromatic rings. The zero-order valence-electron chi connectivity index (χ0n) is 9.30. The van der Waals surface area contributed by atoms with Crippen LogP contribution in [-0.2, 0) is 0 Å². The van der Waals surface area contributed by atoms with Gasteiger partial charge in [0.2, 0.25) is 0 Å². The van der Waals surface area contributed by atoms with E-state index in [0.717, 1.165) is 0 Å². The Morgan fingerprint density at radius 3 is 1.67 bits per heavy atom. The van der Waals surface area contributed by atoms with Gasteiger partial charge in [-0.15, -0.1) is 0 Å². The Balaban J connectivity index is 2.04. The Bertz CT molecular complexity index is 627. The van der Waals surface area contributed by atoms with Crippen molar-refractivity contribution in [2.45, 2.75) is 0 Å². The molecule has 3 rings (SSSR count). The molecule has 0 saturated carbocycles. The van der Waals surface area contributed by atoms with Gasteiger partial charge in [-0.1, -0.05) is 0 Å². The lowest BCUT2D eigenvalue weighted by molar-refractivity contribution is 0.791. The van der Waals surface area contributed by atoms with Crippen LogP contribution in [0, 0.1) is 0 Å². The van der Waals surface area contributed by atoms with E-state index in [0.29, 0.717) is 23.0 Å². The van der Waals surface area contributed by atoms with Gasteiger partial charge in [-0.2, -0.15) is 10.2 Å². The number of rotatable bonds is 2. The minimum atomic E-state index is 0.554. The number of hydrogen-bond acceptors (Lipinski definition) is 6. The number of anilines is 2.